The zero-order chi connectivity index (χ0) is 18.5. The first kappa shape index (κ1) is 16.5. The maximum absolute atomic E-state index is 13.1. The molecule has 1 aliphatic carbocycles. The smallest absolute Gasteiger partial charge is 0.273 e. The van der Waals surface area contributed by atoms with E-state index in [1.807, 2.05) is 6.07 Å². The zero-order valence-electron chi connectivity index (χ0n) is 15.2. The summed E-state index contributed by atoms with van der Waals surface area (Å²) in [4.78, 5) is 29.7. The van der Waals surface area contributed by atoms with Crippen LogP contribution in [0.5, 0.6) is 0 Å². The summed E-state index contributed by atoms with van der Waals surface area (Å²) in [5.41, 5.74) is 4.49. The van der Waals surface area contributed by atoms with Gasteiger partial charge in [0, 0.05) is 25.1 Å². The highest BCUT2D eigenvalue weighted by molar-refractivity contribution is 5.97. The summed E-state index contributed by atoms with van der Waals surface area (Å²) < 4.78 is 1.61. The van der Waals surface area contributed by atoms with Crippen molar-refractivity contribution < 1.29 is 4.79 Å². The lowest BCUT2D eigenvalue weighted by Crippen LogP contribution is -2.29. The van der Waals surface area contributed by atoms with Crippen LogP contribution in [-0.4, -0.2) is 22.5 Å². The Balaban J connectivity index is 1.89. The third-order valence-electron chi connectivity index (χ3n) is 5.37. The molecule has 2 aromatic carbocycles. The number of nitrogens with zero attached hydrogens (tertiary/aromatic N) is 2. The number of hydrogen-bond donors (Lipinski definition) is 1. The molecule has 0 saturated heterocycles. The van der Waals surface area contributed by atoms with Crippen molar-refractivity contribution in [3.05, 3.63) is 75.2 Å². The molecule has 132 valence electrons. The van der Waals surface area contributed by atoms with E-state index in [0.717, 1.165) is 23.9 Å². The number of hydrogen-bond acceptors (Lipinski definition) is 3. The minimum Gasteiger partial charge on any atom is -0.355 e. The summed E-state index contributed by atoms with van der Waals surface area (Å²) in [5.74, 6) is -0.179. The summed E-state index contributed by atoms with van der Waals surface area (Å²) in [7, 11) is 3.33. The molecule has 4 rings (SSSR count). The van der Waals surface area contributed by atoms with Crippen LogP contribution in [0.25, 0.3) is 11.0 Å². The zero-order valence-corrected chi connectivity index (χ0v) is 15.2. The molecule has 5 heteroatoms. The Kier molecular flexibility index (Phi) is 3.68. The second-order valence-corrected chi connectivity index (χ2v) is 7.06. The first-order valence-electron chi connectivity index (χ1n) is 8.77. The highest BCUT2D eigenvalue weighted by Crippen LogP contribution is 2.51. The molecule has 1 saturated carbocycles. The minimum atomic E-state index is -0.282. The van der Waals surface area contributed by atoms with E-state index < -0.39 is 0 Å². The van der Waals surface area contributed by atoms with Gasteiger partial charge in [-0.3, -0.25) is 9.59 Å². The van der Waals surface area contributed by atoms with Crippen LogP contribution >= 0.6 is 0 Å². The van der Waals surface area contributed by atoms with Crippen molar-refractivity contribution in [2.75, 3.05) is 7.05 Å². The van der Waals surface area contributed by atoms with E-state index in [1.165, 1.54) is 5.56 Å². The maximum Gasteiger partial charge on any atom is 0.273 e. The van der Waals surface area contributed by atoms with Crippen LogP contribution in [0.3, 0.4) is 0 Å². The van der Waals surface area contributed by atoms with Crippen molar-refractivity contribution in [2.45, 2.75) is 25.2 Å². The van der Waals surface area contributed by atoms with Gasteiger partial charge in [0.1, 0.15) is 5.69 Å². The molecule has 5 nitrogen and oxygen atoms in total. The predicted octanol–water partition coefficient (Wildman–Crippen LogP) is 2.68. The van der Waals surface area contributed by atoms with E-state index >= 15 is 0 Å². The Morgan fingerprint density at radius 3 is 2.46 bits per heavy atom. The number of amides is 1. The Morgan fingerprint density at radius 1 is 1.15 bits per heavy atom. The molecular weight excluding hydrogens is 326 g/mol. The van der Waals surface area contributed by atoms with Crippen LogP contribution in [0.2, 0.25) is 0 Å². The third kappa shape index (κ3) is 2.43. The summed E-state index contributed by atoms with van der Waals surface area (Å²) in [5, 5.41) is 2.60. The average Bonchev–Trinajstić information content (AvgIpc) is 3.46. The molecule has 1 heterocycles. The largest absolute Gasteiger partial charge is 0.355 e. The van der Waals surface area contributed by atoms with Crippen LogP contribution in [0.4, 0.5) is 0 Å². The predicted molar refractivity (Wildman–Crippen MR) is 102 cm³/mol. The number of benzene rings is 2. The number of rotatable bonds is 3. The third-order valence-corrected chi connectivity index (χ3v) is 5.37. The highest BCUT2D eigenvalue weighted by atomic mass is 16.1. The normalized spacial score (nSPS) is 15.0. The Hall–Kier alpha value is -2.95. The lowest BCUT2D eigenvalue weighted by Gasteiger charge is -2.17. The number of carbonyl (C=O) groups excluding carboxylic acids is 1. The summed E-state index contributed by atoms with van der Waals surface area (Å²) in [6.07, 6.45) is 1.86. The fourth-order valence-corrected chi connectivity index (χ4v) is 3.58. The van der Waals surface area contributed by atoms with Crippen molar-refractivity contribution in [1.29, 1.82) is 0 Å². The number of aromatic nitrogens is 2. The van der Waals surface area contributed by atoms with Gasteiger partial charge < -0.3 is 9.88 Å². The SMILES string of the molecule is CNC(=O)c1ccc2nc(C3(c4ccc(C)cc4)CC3)c(=O)n(C)c2c1. The lowest BCUT2D eigenvalue weighted by atomic mass is 9.91. The Labute approximate surface area is 151 Å². The minimum absolute atomic E-state index is 0.0929. The standard InChI is InChI=1S/C21H21N3O2/c1-13-4-7-15(8-5-13)21(10-11-21)18-20(26)24(3)17-12-14(19(25)22-2)6-9-16(17)23-18/h4-9,12H,10-11H2,1-3H3,(H,22,25). The molecule has 0 atom stereocenters. The van der Waals surface area contributed by atoms with E-state index in [-0.39, 0.29) is 16.9 Å². The molecule has 1 N–H and O–H groups in total. The van der Waals surface area contributed by atoms with E-state index in [2.05, 4.69) is 36.5 Å². The second-order valence-electron chi connectivity index (χ2n) is 7.06. The average molecular weight is 347 g/mol. The van der Waals surface area contributed by atoms with Crippen molar-refractivity contribution in [3.8, 4) is 0 Å². The van der Waals surface area contributed by atoms with Gasteiger partial charge in [0.15, 0.2) is 0 Å². The van der Waals surface area contributed by atoms with Gasteiger partial charge >= 0.3 is 0 Å². The van der Waals surface area contributed by atoms with Crippen LogP contribution in [0.15, 0.2) is 47.3 Å². The molecule has 26 heavy (non-hydrogen) atoms. The van der Waals surface area contributed by atoms with Crippen molar-refractivity contribution in [3.63, 3.8) is 0 Å². The van der Waals surface area contributed by atoms with Crippen LogP contribution in [-0.2, 0) is 12.5 Å². The topological polar surface area (TPSA) is 64.0 Å². The molecule has 0 aliphatic heterocycles. The number of aryl methyl sites for hydroxylation is 2. The van der Waals surface area contributed by atoms with E-state index in [9.17, 15) is 9.59 Å². The Bertz CT molecular complexity index is 1080. The van der Waals surface area contributed by atoms with Gasteiger partial charge in [0.05, 0.1) is 11.0 Å². The number of nitrogens with one attached hydrogen (secondary N) is 1. The van der Waals surface area contributed by atoms with Gasteiger partial charge in [-0.25, -0.2) is 4.98 Å². The molecule has 0 bridgehead atoms. The van der Waals surface area contributed by atoms with E-state index in [4.69, 9.17) is 4.98 Å². The first-order valence-corrected chi connectivity index (χ1v) is 8.77. The van der Waals surface area contributed by atoms with E-state index in [0.29, 0.717) is 16.8 Å². The number of carbonyl (C=O) groups is 1. The van der Waals surface area contributed by atoms with Gasteiger partial charge in [-0.1, -0.05) is 29.8 Å². The second kappa shape index (κ2) is 5.80. The maximum atomic E-state index is 13.1. The van der Waals surface area contributed by atoms with E-state index in [1.54, 1.807) is 30.8 Å². The molecule has 1 fully saturated rings. The van der Waals surface area contributed by atoms with Gasteiger partial charge in [-0.15, -0.1) is 0 Å². The molecule has 0 radical (unpaired) electrons. The monoisotopic (exact) mass is 347 g/mol. The summed E-state index contributed by atoms with van der Waals surface area (Å²) >= 11 is 0. The van der Waals surface area contributed by atoms with Gasteiger partial charge in [-0.2, -0.15) is 0 Å². The lowest BCUT2D eigenvalue weighted by molar-refractivity contribution is 0.0963. The molecule has 1 aromatic heterocycles. The van der Waals surface area contributed by atoms with Gasteiger partial charge in [-0.05, 0) is 43.5 Å². The highest BCUT2D eigenvalue weighted by Gasteiger charge is 2.49. The fraction of sp³-hybridized carbons (Fsp3) is 0.286. The molecular formula is C21H21N3O2. The van der Waals surface area contributed by atoms with Gasteiger partial charge in [0.25, 0.3) is 11.5 Å². The van der Waals surface area contributed by atoms with Crippen molar-refractivity contribution in [1.82, 2.24) is 14.9 Å². The first-order chi connectivity index (χ1) is 12.5. The Morgan fingerprint density at radius 2 is 1.85 bits per heavy atom. The number of fused-ring (bicyclic) bond motifs is 1. The molecule has 3 aromatic rings. The van der Waals surface area contributed by atoms with Crippen LogP contribution in [0, 0.1) is 6.92 Å². The van der Waals surface area contributed by atoms with Crippen molar-refractivity contribution in [2.24, 2.45) is 7.05 Å². The summed E-state index contributed by atoms with van der Waals surface area (Å²) in [6.45, 7) is 2.06. The molecule has 0 unspecified atom stereocenters. The molecule has 0 spiro atoms. The summed E-state index contributed by atoms with van der Waals surface area (Å²) in [6, 6.07) is 13.6. The quantitative estimate of drug-likeness (QED) is 0.792. The van der Waals surface area contributed by atoms with Crippen LogP contribution in [0.1, 0.15) is 40.0 Å². The van der Waals surface area contributed by atoms with Crippen LogP contribution < -0.4 is 10.9 Å². The molecule has 1 aliphatic rings. The molecule has 1 amide bonds. The van der Waals surface area contributed by atoms with Gasteiger partial charge in [0.2, 0.25) is 0 Å². The fourth-order valence-electron chi connectivity index (χ4n) is 3.58. The van der Waals surface area contributed by atoms with Crippen molar-refractivity contribution >= 4 is 16.9 Å².